The third-order valence-corrected chi connectivity index (χ3v) is 4.93. The number of aliphatic hydroxyl groups excluding tert-OH is 1. The predicted octanol–water partition coefficient (Wildman–Crippen LogP) is 3.49. The summed E-state index contributed by atoms with van der Waals surface area (Å²) >= 11 is 0. The topological polar surface area (TPSA) is 69.8 Å². The monoisotopic (exact) mass is 349 g/mol. The van der Waals surface area contributed by atoms with Gasteiger partial charge in [-0.05, 0) is 43.7 Å². The van der Waals surface area contributed by atoms with Crippen LogP contribution in [0.3, 0.4) is 0 Å². The van der Waals surface area contributed by atoms with E-state index in [0.717, 1.165) is 50.5 Å². The lowest BCUT2D eigenvalue weighted by molar-refractivity contribution is 0.253. The average molecular weight is 350 g/mol. The van der Waals surface area contributed by atoms with Crippen molar-refractivity contribution < 1.29 is 9.52 Å². The van der Waals surface area contributed by atoms with E-state index >= 15 is 0 Å². The maximum atomic E-state index is 9.25. The number of rotatable bonds is 10. The van der Waals surface area contributed by atoms with Crippen molar-refractivity contribution in [2.75, 3.05) is 19.7 Å². The fraction of sp³-hybridized carbons (Fsp3) is 0.750. The molecule has 0 spiro atoms. The number of hydrogen-bond acceptors (Lipinski definition) is 3. The first-order chi connectivity index (χ1) is 12.3. The average Bonchev–Trinajstić information content (AvgIpc) is 3.14. The van der Waals surface area contributed by atoms with Crippen LogP contribution in [0, 0.1) is 5.92 Å². The van der Waals surface area contributed by atoms with Crippen LogP contribution in [0.5, 0.6) is 0 Å². The van der Waals surface area contributed by atoms with E-state index in [1.165, 1.54) is 32.1 Å². The Morgan fingerprint density at radius 3 is 2.84 bits per heavy atom. The maximum absolute atomic E-state index is 9.25. The molecule has 2 rings (SSSR count). The molecular formula is C20H35N3O2. The van der Waals surface area contributed by atoms with Crippen LogP contribution in [0.15, 0.2) is 27.8 Å². The fourth-order valence-electron chi connectivity index (χ4n) is 3.49. The highest BCUT2D eigenvalue weighted by Crippen LogP contribution is 2.17. The van der Waals surface area contributed by atoms with Gasteiger partial charge in [0.2, 0.25) is 0 Å². The van der Waals surface area contributed by atoms with Crippen LogP contribution in [-0.4, -0.2) is 36.8 Å². The minimum Gasteiger partial charge on any atom is -0.469 e. The molecule has 1 heterocycles. The van der Waals surface area contributed by atoms with Gasteiger partial charge < -0.3 is 20.2 Å². The molecule has 5 nitrogen and oxygen atoms in total. The maximum Gasteiger partial charge on any atom is 0.191 e. The van der Waals surface area contributed by atoms with Crippen LogP contribution in [0.25, 0.3) is 0 Å². The Morgan fingerprint density at radius 2 is 2.16 bits per heavy atom. The third-order valence-electron chi connectivity index (χ3n) is 4.93. The zero-order chi connectivity index (χ0) is 17.7. The Bertz CT molecular complexity index is 461. The quantitative estimate of drug-likeness (QED) is 0.447. The predicted molar refractivity (Wildman–Crippen MR) is 103 cm³/mol. The van der Waals surface area contributed by atoms with Crippen LogP contribution in [0.4, 0.5) is 0 Å². The second-order valence-corrected chi connectivity index (χ2v) is 7.09. The summed E-state index contributed by atoms with van der Waals surface area (Å²) in [5.41, 5.74) is 0. The van der Waals surface area contributed by atoms with Crippen LogP contribution in [0.2, 0.25) is 0 Å². The third kappa shape index (κ3) is 7.95. The molecule has 0 bridgehead atoms. The lowest BCUT2D eigenvalue weighted by atomic mass is 9.96. The second-order valence-electron chi connectivity index (χ2n) is 7.09. The van der Waals surface area contributed by atoms with E-state index in [1.54, 1.807) is 6.26 Å². The molecule has 1 atom stereocenters. The van der Waals surface area contributed by atoms with Gasteiger partial charge >= 0.3 is 0 Å². The molecule has 1 aliphatic rings. The highest BCUT2D eigenvalue weighted by Gasteiger charge is 2.15. The van der Waals surface area contributed by atoms with E-state index in [1.807, 2.05) is 12.1 Å². The van der Waals surface area contributed by atoms with Crippen molar-refractivity contribution in [3.05, 3.63) is 24.2 Å². The van der Waals surface area contributed by atoms with Gasteiger partial charge in [-0.15, -0.1) is 0 Å². The van der Waals surface area contributed by atoms with Gasteiger partial charge in [-0.2, -0.15) is 0 Å². The first-order valence-corrected chi connectivity index (χ1v) is 10.00. The molecule has 1 aromatic heterocycles. The molecular weight excluding hydrogens is 314 g/mol. The summed E-state index contributed by atoms with van der Waals surface area (Å²) < 4.78 is 5.40. The van der Waals surface area contributed by atoms with Gasteiger partial charge in [0.1, 0.15) is 5.76 Å². The summed E-state index contributed by atoms with van der Waals surface area (Å²) in [6.07, 6.45) is 12.1. The fourth-order valence-corrected chi connectivity index (χ4v) is 3.49. The summed E-state index contributed by atoms with van der Waals surface area (Å²) in [7, 11) is 0. The molecule has 5 heteroatoms. The molecule has 1 fully saturated rings. The second kappa shape index (κ2) is 12.0. The molecule has 0 radical (unpaired) electrons. The van der Waals surface area contributed by atoms with Crippen molar-refractivity contribution in [2.24, 2.45) is 10.9 Å². The van der Waals surface area contributed by atoms with Gasteiger partial charge in [-0.3, -0.25) is 4.99 Å². The van der Waals surface area contributed by atoms with Gasteiger partial charge in [-0.1, -0.05) is 32.6 Å². The lowest BCUT2D eigenvalue weighted by Gasteiger charge is -2.25. The van der Waals surface area contributed by atoms with E-state index < -0.39 is 0 Å². The smallest absolute Gasteiger partial charge is 0.191 e. The van der Waals surface area contributed by atoms with Crippen LogP contribution in [0.1, 0.15) is 64.1 Å². The van der Waals surface area contributed by atoms with Crippen molar-refractivity contribution in [3.8, 4) is 0 Å². The van der Waals surface area contributed by atoms with E-state index in [9.17, 15) is 5.11 Å². The minimum atomic E-state index is 0.248. The van der Waals surface area contributed by atoms with Crippen LogP contribution < -0.4 is 10.6 Å². The van der Waals surface area contributed by atoms with Crippen molar-refractivity contribution in [3.63, 3.8) is 0 Å². The highest BCUT2D eigenvalue weighted by atomic mass is 16.3. The molecule has 0 aromatic carbocycles. The number of aliphatic imine (C=N–C) groups is 1. The number of nitrogens with one attached hydrogen (secondary N) is 2. The van der Waals surface area contributed by atoms with Gasteiger partial charge in [0.15, 0.2) is 5.96 Å². The zero-order valence-corrected chi connectivity index (χ0v) is 15.7. The van der Waals surface area contributed by atoms with Gasteiger partial charge in [0.05, 0.1) is 6.26 Å². The van der Waals surface area contributed by atoms with Gasteiger partial charge in [-0.25, -0.2) is 0 Å². The summed E-state index contributed by atoms with van der Waals surface area (Å²) in [5, 5.41) is 16.3. The Morgan fingerprint density at radius 1 is 1.32 bits per heavy atom. The molecule has 0 aliphatic heterocycles. The Balaban J connectivity index is 1.87. The molecule has 3 N–H and O–H groups in total. The SMILES string of the molecule is CCCC(CCO)CN=C(NCCc1ccco1)NC1CCCCC1. The van der Waals surface area contributed by atoms with Crippen molar-refractivity contribution >= 4 is 5.96 Å². The molecule has 0 saturated heterocycles. The van der Waals surface area contributed by atoms with Crippen molar-refractivity contribution in [1.29, 1.82) is 0 Å². The van der Waals surface area contributed by atoms with Gasteiger partial charge in [0, 0.05) is 32.2 Å². The molecule has 1 aliphatic carbocycles. The van der Waals surface area contributed by atoms with Gasteiger partial charge in [0.25, 0.3) is 0 Å². The number of nitrogens with zero attached hydrogens (tertiary/aromatic N) is 1. The molecule has 1 unspecified atom stereocenters. The van der Waals surface area contributed by atoms with Crippen molar-refractivity contribution in [2.45, 2.75) is 70.8 Å². The van der Waals surface area contributed by atoms with E-state index in [0.29, 0.717) is 12.0 Å². The van der Waals surface area contributed by atoms with E-state index in [2.05, 4.69) is 17.6 Å². The number of hydrogen-bond donors (Lipinski definition) is 3. The summed E-state index contributed by atoms with van der Waals surface area (Å²) in [4.78, 5) is 4.83. The largest absolute Gasteiger partial charge is 0.469 e. The number of aliphatic hydroxyl groups is 1. The molecule has 1 saturated carbocycles. The molecule has 1 aromatic rings. The summed E-state index contributed by atoms with van der Waals surface area (Å²) in [6, 6.07) is 4.46. The standard InChI is InChI=1S/C20H35N3O2/c1-2-7-17(12-14-24)16-22-20(23-18-8-4-3-5-9-18)21-13-11-19-10-6-15-25-19/h6,10,15,17-18,24H,2-5,7-9,11-14,16H2,1H3,(H2,21,22,23). The van der Waals surface area contributed by atoms with E-state index in [4.69, 9.17) is 9.41 Å². The molecule has 0 amide bonds. The Kier molecular flexibility index (Phi) is 9.49. The van der Waals surface area contributed by atoms with Crippen molar-refractivity contribution in [1.82, 2.24) is 10.6 Å². The van der Waals surface area contributed by atoms with Crippen LogP contribution >= 0.6 is 0 Å². The summed E-state index contributed by atoms with van der Waals surface area (Å²) in [5.74, 6) is 2.37. The molecule has 142 valence electrons. The highest BCUT2D eigenvalue weighted by molar-refractivity contribution is 5.80. The number of furan rings is 1. The normalized spacial score (nSPS) is 17.4. The zero-order valence-electron chi connectivity index (χ0n) is 15.7. The Labute approximate surface area is 152 Å². The summed E-state index contributed by atoms with van der Waals surface area (Å²) in [6.45, 7) is 4.02. The first-order valence-electron chi connectivity index (χ1n) is 10.00. The van der Waals surface area contributed by atoms with E-state index in [-0.39, 0.29) is 6.61 Å². The van der Waals surface area contributed by atoms with Crippen LogP contribution in [-0.2, 0) is 6.42 Å². The minimum absolute atomic E-state index is 0.248. The Hall–Kier alpha value is -1.49. The first kappa shape index (κ1) is 19.8. The molecule has 25 heavy (non-hydrogen) atoms. The lowest BCUT2D eigenvalue weighted by Crippen LogP contribution is -2.45. The number of guanidine groups is 1.